The molecule has 4 fully saturated rings. The van der Waals surface area contributed by atoms with Crippen LogP contribution in [0.25, 0.3) is 22.3 Å². The number of benzene rings is 2. The van der Waals surface area contributed by atoms with Gasteiger partial charge in [0.1, 0.15) is 34.7 Å². The van der Waals surface area contributed by atoms with E-state index < -0.39 is 27.3 Å². The van der Waals surface area contributed by atoms with Crippen LogP contribution in [0.15, 0.2) is 41.8 Å². The lowest BCUT2D eigenvalue weighted by molar-refractivity contribution is -0.00420. The van der Waals surface area contributed by atoms with Crippen molar-refractivity contribution in [1.29, 1.82) is 0 Å². The highest BCUT2D eigenvalue weighted by molar-refractivity contribution is 7.90. The third kappa shape index (κ3) is 8.15. The predicted molar refractivity (Wildman–Crippen MR) is 247 cm³/mol. The number of aliphatic hydroxyl groups excluding tert-OH is 2. The number of carbonyl (C=O) groups is 1. The number of aliphatic hydroxyl groups is 2. The number of anilines is 6. The quantitative estimate of drug-likeness (QED) is 0.142. The van der Waals surface area contributed by atoms with Gasteiger partial charge in [-0.3, -0.25) is 4.90 Å². The van der Waals surface area contributed by atoms with Crippen LogP contribution in [-0.4, -0.2) is 119 Å². The molecule has 2 aliphatic heterocycles. The molecule has 352 valence electrons. The third-order valence-corrected chi connectivity index (χ3v) is 14.7. The molecule has 5 aromatic rings. The van der Waals surface area contributed by atoms with Crippen LogP contribution in [0.5, 0.6) is 0 Å². The van der Waals surface area contributed by atoms with Gasteiger partial charge in [0.2, 0.25) is 20.9 Å². The first kappa shape index (κ1) is 44.7. The Hall–Kier alpha value is -6.12. The number of hydrogen-bond acceptors (Lipinski definition) is 16. The Bertz CT molecular complexity index is 2960. The van der Waals surface area contributed by atoms with Crippen LogP contribution in [0.2, 0.25) is 0 Å². The maximum absolute atomic E-state index is 14.9. The van der Waals surface area contributed by atoms with Crippen LogP contribution < -0.4 is 25.3 Å². The number of aryl methyl sites for hydroxylation is 1. The fourth-order valence-corrected chi connectivity index (χ4v) is 11.0. The molecule has 1 amide bonds. The van der Waals surface area contributed by atoms with E-state index in [-0.39, 0.29) is 41.4 Å². The Labute approximate surface area is 387 Å². The van der Waals surface area contributed by atoms with E-state index in [2.05, 4.69) is 35.5 Å². The molecule has 6 aliphatic rings. The van der Waals surface area contributed by atoms with E-state index in [0.717, 1.165) is 59.7 Å². The number of rotatable bonds is 7. The van der Waals surface area contributed by atoms with Gasteiger partial charge in [-0.05, 0) is 98.9 Å². The predicted octanol–water partition coefficient (Wildman–Crippen LogP) is 5.67. The van der Waals surface area contributed by atoms with E-state index in [1.165, 1.54) is 30.1 Å². The molecule has 4 N–H and O–H groups in total. The van der Waals surface area contributed by atoms with Crippen molar-refractivity contribution in [3.8, 4) is 22.3 Å². The number of hydrogen-bond donors (Lipinski definition) is 4. The zero-order valence-electron chi connectivity index (χ0n) is 38.3. The molecule has 2 saturated heterocycles. The van der Waals surface area contributed by atoms with E-state index in [1.807, 2.05) is 11.8 Å². The normalized spacial score (nSPS) is 22.8. The molecule has 4 aliphatic carbocycles. The van der Waals surface area contributed by atoms with Gasteiger partial charge in [-0.1, -0.05) is 0 Å². The topological polar surface area (TPSA) is 212 Å². The lowest BCUT2D eigenvalue weighted by atomic mass is 9.74. The molecular weight excluding hydrogens is 885 g/mol. The Morgan fingerprint density at radius 2 is 1.37 bits per heavy atom. The highest BCUT2D eigenvalue weighted by atomic mass is 32.2. The van der Waals surface area contributed by atoms with Crippen LogP contribution in [0.4, 0.5) is 48.2 Å². The van der Waals surface area contributed by atoms with E-state index >= 15 is 0 Å². The Morgan fingerprint density at radius 1 is 0.821 bits per heavy atom. The van der Waals surface area contributed by atoms with Gasteiger partial charge in [0.25, 0.3) is 0 Å². The number of aromatic nitrogens is 6. The number of amides is 1. The third-order valence-electron chi connectivity index (χ3n) is 13.9. The van der Waals surface area contributed by atoms with E-state index in [4.69, 9.17) is 14.7 Å². The second-order valence-electron chi connectivity index (χ2n) is 19.6. The first-order valence-corrected chi connectivity index (χ1v) is 24.4. The molecule has 67 heavy (non-hydrogen) atoms. The molecule has 0 spiro atoms. The summed E-state index contributed by atoms with van der Waals surface area (Å²) in [5.74, 6) is 2.68. The average Bonchev–Trinajstić information content (AvgIpc) is 4.02. The second-order valence-corrected chi connectivity index (χ2v) is 21.5. The van der Waals surface area contributed by atoms with Crippen LogP contribution >= 0.6 is 0 Å². The minimum atomic E-state index is -3.71. The Kier molecular flexibility index (Phi) is 10.9. The summed E-state index contributed by atoms with van der Waals surface area (Å²) in [6.07, 6.45) is 5.54. The monoisotopic (exact) mass is 937 g/mol. The summed E-state index contributed by atoms with van der Waals surface area (Å²) in [5.41, 5.74) is 6.90. The van der Waals surface area contributed by atoms with Gasteiger partial charge in [0.15, 0.2) is 0 Å². The Balaban J connectivity index is 0.000000157. The zero-order valence-corrected chi connectivity index (χ0v) is 39.1. The fraction of sp³-hybridized carbons (Fsp3) is 0.468. The highest BCUT2D eigenvalue weighted by Gasteiger charge is 2.49. The summed E-state index contributed by atoms with van der Waals surface area (Å²) in [7, 11) is -0.397. The van der Waals surface area contributed by atoms with Crippen molar-refractivity contribution in [2.24, 2.45) is 23.7 Å². The molecule has 5 heterocycles. The van der Waals surface area contributed by atoms with Crippen LogP contribution in [0.3, 0.4) is 0 Å². The minimum absolute atomic E-state index is 0.101. The van der Waals surface area contributed by atoms with E-state index in [1.54, 1.807) is 46.3 Å². The van der Waals surface area contributed by atoms with Crippen molar-refractivity contribution in [2.45, 2.75) is 76.3 Å². The van der Waals surface area contributed by atoms with Gasteiger partial charge in [-0.15, -0.1) is 0 Å². The van der Waals surface area contributed by atoms with Crippen molar-refractivity contribution >= 4 is 50.6 Å². The van der Waals surface area contributed by atoms with E-state index in [9.17, 15) is 32.2 Å². The molecular formula is C47H53F2N11O6S. The largest absolute Gasteiger partial charge is 0.443 e. The average molecular weight is 938 g/mol. The van der Waals surface area contributed by atoms with Crippen LogP contribution in [-0.2, 0) is 27.4 Å². The molecule has 0 radical (unpaired) electrons. The molecule has 20 heteroatoms. The standard InChI is InChI=1S/C24H29FN4O5S.C23H24FN7O/c1-24(2,3)34-23(31)28(4)18-8-13(25)7-15-14(18)9-17-20(15)21(27-22(26-17)35(5,32)33)29-10-12-6-19(30)16(12)11-29;1-11-26-7-14(8-27-11)28-23-29-19-6-15-16(4-13(24)5-18(15)25-2)21(19)22(30-23)31-9-12-3-20(32)17(12)10-31/h7-8,12,16,19,30H,6,9-11H2,1-5H3;4-5,7-8,12,17,20,25,32H,3,6,9-10H2,1-2H3,(H,28,29,30). The minimum Gasteiger partial charge on any atom is -0.443 e. The maximum atomic E-state index is 14.9. The van der Waals surface area contributed by atoms with Crippen molar-refractivity contribution in [3.63, 3.8) is 0 Å². The van der Waals surface area contributed by atoms with Crippen molar-refractivity contribution in [1.82, 2.24) is 29.9 Å². The van der Waals surface area contributed by atoms with Crippen molar-refractivity contribution in [2.75, 3.05) is 71.9 Å². The fourth-order valence-electron chi connectivity index (χ4n) is 10.5. The summed E-state index contributed by atoms with van der Waals surface area (Å²) in [5, 5.41) is 26.3. The Morgan fingerprint density at radius 3 is 1.93 bits per heavy atom. The van der Waals surface area contributed by atoms with E-state index in [0.29, 0.717) is 89.1 Å². The van der Waals surface area contributed by atoms with Gasteiger partial charge in [0, 0.05) is 88.0 Å². The molecule has 2 aromatic carbocycles. The first-order chi connectivity index (χ1) is 31.7. The summed E-state index contributed by atoms with van der Waals surface area (Å²) >= 11 is 0. The molecule has 17 nitrogen and oxygen atoms in total. The summed E-state index contributed by atoms with van der Waals surface area (Å²) in [6.45, 7) is 9.82. The van der Waals surface area contributed by atoms with Crippen molar-refractivity contribution < 1.29 is 36.9 Å². The van der Waals surface area contributed by atoms with Crippen LogP contribution in [0, 0.1) is 42.2 Å². The first-order valence-electron chi connectivity index (χ1n) is 22.5. The van der Waals surface area contributed by atoms with Gasteiger partial charge >= 0.3 is 6.09 Å². The molecule has 6 unspecified atom stereocenters. The van der Waals surface area contributed by atoms with Gasteiger partial charge in [-0.2, -0.15) is 4.98 Å². The summed E-state index contributed by atoms with van der Waals surface area (Å²) < 4.78 is 59.6. The summed E-state index contributed by atoms with van der Waals surface area (Å²) in [4.78, 5) is 45.1. The van der Waals surface area contributed by atoms with Crippen molar-refractivity contribution in [3.05, 3.63) is 76.6 Å². The van der Waals surface area contributed by atoms with Gasteiger partial charge < -0.3 is 35.4 Å². The molecule has 2 saturated carbocycles. The van der Waals surface area contributed by atoms with Gasteiger partial charge in [-0.25, -0.2) is 46.9 Å². The SMILES string of the molecule is CN(C(=O)OC(C)(C)C)c1cc(F)cc2c1Cc1nc(S(C)(=O)=O)nc(N3CC4CC(O)C4C3)c1-2.CNc1cc(F)cc2c1Cc1nc(Nc3cnc(C)nc3)nc(N3CC4CC(O)C4C3)c1-2. The van der Waals surface area contributed by atoms with Crippen LogP contribution in [0.1, 0.15) is 62.0 Å². The molecule has 6 atom stereocenters. The number of halogens is 2. The highest BCUT2D eigenvalue weighted by Crippen LogP contribution is 2.51. The smallest absolute Gasteiger partial charge is 0.414 e. The number of fused-ring (bicyclic) bond motifs is 8. The number of ether oxygens (including phenoxy) is 1. The number of sulfone groups is 1. The summed E-state index contributed by atoms with van der Waals surface area (Å²) in [6, 6.07) is 5.74. The molecule has 0 bridgehead atoms. The van der Waals surface area contributed by atoms with Gasteiger partial charge in [0.05, 0.1) is 47.4 Å². The number of nitrogens with zero attached hydrogens (tertiary/aromatic N) is 9. The lowest BCUT2D eigenvalue weighted by Gasteiger charge is -2.34. The number of carbonyl (C=O) groups excluding carboxylic acids is 1. The maximum Gasteiger partial charge on any atom is 0.414 e. The molecule has 11 rings (SSSR count). The zero-order chi connectivity index (χ0) is 47.4. The second kappa shape index (κ2) is 16.3. The molecule has 3 aromatic heterocycles. The lowest BCUT2D eigenvalue weighted by Crippen LogP contribution is -2.39. The number of nitrogens with one attached hydrogen (secondary N) is 2.